The third-order valence-corrected chi connectivity index (χ3v) is 3.22. The van der Waals surface area contributed by atoms with Crippen LogP contribution >= 0.6 is 0 Å². The van der Waals surface area contributed by atoms with Gasteiger partial charge < -0.3 is 14.9 Å². The lowest BCUT2D eigenvalue weighted by molar-refractivity contribution is -0.147. The summed E-state index contributed by atoms with van der Waals surface area (Å²) in [6, 6.07) is 5.58. The number of carbonyl (C=O) groups is 1. The standard InChI is InChI=1S/C15H22O4/c1-11-5-6-12(10-16)9-13(11)19-8-4-7-15(2,3)14(17)18/h5-6,9,16H,4,7-8,10H2,1-3H3,(H,17,18). The number of aliphatic carboxylic acids is 1. The Labute approximate surface area is 114 Å². The molecule has 0 unspecified atom stereocenters. The van der Waals surface area contributed by atoms with Crippen LogP contribution in [0.2, 0.25) is 0 Å². The van der Waals surface area contributed by atoms with Gasteiger partial charge in [-0.15, -0.1) is 0 Å². The molecule has 2 N–H and O–H groups in total. The van der Waals surface area contributed by atoms with E-state index in [2.05, 4.69) is 0 Å². The third kappa shape index (κ3) is 4.56. The van der Waals surface area contributed by atoms with Crippen molar-refractivity contribution in [2.45, 2.75) is 40.2 Å². The minimum Gasteiger partial charge on any atom is -0.493 e. The number of carboxylic acid groups (broad SMARTS) is 1. The normalized spacial score (nSPS) is 11.4. The number of hydrogen-bond acceptors (Lipinski definition) is 3. The lowest BCUT2D eigenvalue weighted by atomic mass is 9.88. The van der Waals surface area contributed by atoms with E-state index in [9.17, 15) is 4.79 Å². The van der Waals surface area contributed by atoms with Crippen molar-refractivity contribution in [1.82, 2.24) is 0 Å². The van der Waals surface area contributed by atoms with Gasteiger partial charge in [0, 0.05) is 0 Å². The first-order chi connectivity index (χ1) is 8.86. The van der Waals surface area contributed by atoms with Crippen LogP contribution < -0.4 is 4.74 Å². The lowest BCUT2D eigenvalue weighted by Gasteiger charge is -2.19. The maximum absolute atomic E-state index is 11.0. The predicted molar refractivity (Wildman–Crippen MR) is 73.2 cm³/mol. The van der Waals surface area contributed by atoms with Gasteiger partial charge in [0.05, 0.1) is 18.6 Å². The number of carboxylic acids is 1. The third-order valence-electron chi connectivity index (χ3n) is 3.22. The van der Waals surface area contributed by atoms with E-state index in [1.165, 1.54) is 0 Å². The molecule has 0 aliphatic carbocycles. The van der Waals surface area contributed by atoms with Gasteiger partial charge in [-0.25, -0.2) is 0 Å². The molecule has 0 saturated carbocycles. The number of hydrogen-bond donors (Lipinski definition) is 2. The zero-order valence-corrected chi connectivity index (χ0v) is 11.8. The monoisotopic (exact) mass is 266 g/mol. The van der Waals surface area contributed by atoms with Crippen molar-refractivity contribution in [2.75, 3.05) is 6.61 Å². The van der Waals surface area contributed by atoms with Crippen LogP contribution in [0.25, 0.3) is 0 Å². The molecule has 0 aliphatic rings. The summed E-state index contributed by atoms with van der Waals surface area (Å²) in [5, 5.41) is 18.1. The summed E-state index contributed by atoms with van der Waals surface area (Å²) in [6.07, 6.45) is 1.25. The molecular formula is C15H22O4. The summed E-state index contributed by atoms with van der Waals surface area (Å²) in [4.78, 5) is 11.0. The van der Waals surface area contributed by atoms with Gasteiger partial charge in [0.2, 0.25) is 0 Å². The van der Waals surface area contributed by atoms with Gasteiger partial charge in [0.25, 0.3) is 0 Å². The van der Waals surface area contributed by atoms with Crippen molar-refractivity contribution >= 4 is 5.97 Å². The van der Waals surface area contributed by atoms with Crippen molar-refractivity contribution in [2.24, 2.45) is 5.41 Å². The molecule has 0 amide bonds. The van der Waals surface area contributed by atoms with E-state index in [4.69, 9.17) is 14.9 Å². The first kappa shape index (κ1) is 15.5. The summed E-state index contributed by atoms with van der Waals surface area (Å²) in [5.74, 6) is -0.0364. The SMILES string of the molecule is Cc1ccc(CO)cc1OCCCC(C)(C)C(=O)O. The highest BCUT2D eigenvalue weighted by atomic mass is 16.5. The molecule has 1 rings (SSSR count). The van der Waals surface area contributed by atoms with E-state index in [0.29, 0.717) is 19.4 Å². The van der Waals surface area contributed by atoms with Crippen LogP contribution in [0.1, 0.15) is 37.8 Å². The Morgan fingerprint density at radius 2 is 2.05 bits per heavy atom. The second-order valence-corrected chi connectivity index (χ2v) is 5.40. The van der Waals surface area contributed by atoms with Crippen LogP contribution in [-0.4, -0.2) is 22.8 Å². The summed E-state index contributed by atoms with van der Waals surface area (Å²) in [5.41, 5.74) is 1.10. The molecule has 0 aliphatic heterocycles. The van der Waals surface area contributed by atoms with E-state index < -0.39 is 11.4 Å². The Hall–Kier alpha value is -1.55. The molecule has 1 aromatic carbocycles. The van der Waals surface area contributed by atoms with Crippen LogP contribution in [0.15, 0.2) is 18.2 Å². The fourth-order valence-corrected chi connectivity index (χ4v) is 1.70. The Kier molecular flexibility index (Phi) is 5.36. The molecular weight excluding hydrogens is 244 g/mol. The van der Waals surface area contributed by atoms with Gasteiger partial charge in [0.1, 0.15) is 5.75 Å². The number of rotatable bonds is 7. The minimum atomic E-state index is -0.786. The van der Waals surface area contributed by atoms with Crippen LogP contribution in [0, 0.1) is 12.3 Å². The van der Waals surface area contributed by atoms with Gasteiger partial charge in [0.15, 0.2) is 0 Å². The first-order valence-electron chi connectivity index (χ1n) is 6.43. The largest absolute Gasteiger partial charge is 0.493 e. The number of ether oxygens (including phenoxy) is 1. The maximum atomic E-state index is 11.0. The van der Waals surface area contributed by atoms with Crippen LogP contribution in [0.3, 0.4) is 0 Å². The number of aliphatic hydroxyl groups is 1. The summed E-state index contributed by atoms with van der Waals surface area (Å²) < 4.78 is 5.65. The molecule has 1 aromatic rings. The van der Waals surface area contributed by atoms with Crippen molar-refractivity contribution in [1.29, 1.82) is 0 Å². The smallest absolute Gasteiger partial charge is 0.309 e. The van der Waals surface area contributed by atoms with Crippen LogP contribution in [0.4, 0.5) is 0 Å². The Balaban J connectivity index is 2.48. The predicted octanol–water partition coefficient (Wildman–Crippen LogP) is 2.76. The number of benzene rings is 1. The van der Waals surface area contributed by atoms with Crippen molar-refractivity contribution in [3.8, 4) is 5.75 Å². The summed E-state index contributed by atoms with van der Waals surface area (Å²) in [7, 11) is 0. The van der Waals surface area contributed by atoms with E-state index in [1.54, 1.807) is 13.8 Å². The topological polar surface area (TPSA) is 66.8 Å². The molecule has 0 atom stereocenters. The molecule has 0 saturated heterocycles. The molecule has 0 fully saturated rings. The van der Waals surface area contributed by atoms with Crippen molar-refractivity contribution < 1.29 is 19.7 Å². The highest BCUT2D eigenvalue weighted by Gasteiger charge is 2.26. The molecule has 0 bridgehead atoms. The van der Waals surface area contributed by atoms with E-state index in [1.807, 2.05) is 25.1 Å². The number of aryl methyl sites for hydroxylation is 1. The van der Waals surface area contributed by atoms with E-state index >= 15 is 0 Å². The molecule has 106 valence electrons. The zero-order chi connectivity index (χ0) is 14.5. The zero-order valence-electron chi connectivity index (χ0n) is 11.8. The van der Waals surface area contributed by atoms with Crippen LogP contribution in [-0.2, 0) is 11.4 Å². The second-order valence-electron chi connectivity index (χ2n) is 5.40. The lowest BCUT2D eigenvalue weighted by Crippen LogP contribution is -2.24. The van der Waals surface area contributed by atoms with Gasteiger partial charge in [-0.3, -0.25) is 4.79 Å². The molecule has 0 spiro atoms. The Bertz CT molecular complexity index is 438. The van der Waals surface area contributed by atoms with Crippen molar-refractivity contribution in [3.05, 3.63) is 29.3 Å². The molecule has 4 nitrogen and oxygen atoms in total. The quantitative estimate of drug-likeness (QED) is 0.745. The van der Waals surface area contributed by atoms with E-state index in [0.717, 1.165) is 16.9 Å². The molecule has 0 aromatic heterocycles. The fraction of sp³-hybridized carbons (Fsp3) is 0.533. The molecule has 0 heterocycles. The molecule has 19 heavy (non-hydrogen) atoms. The van der Waals surface area contributed by atoms with E-state index in [-0.39, 0.29) is 6.61 Å². The van der Waals surface area contributed by atoms with Gasteiger partial charge >= 0.3 is 5.97 Å². The molecule has 0 radical (unpaired) electrons. The fourth-order valence-electron chi connectivity index (χ4n) is 1.70. The van der Waals surface area contributed by atoms with Gasteiger partial charge in [-0.1, -0.05) is 12.1 Å². The first-order valence-corrected chi connectivity index (χ1v) is 6.43. The Morgan fingerprint density at radius 3 is 2.63 bits per heavy atom. The number of aliphatic hydroxyl groups excluding tert-OH is 1. The Morgan fingerprint density at radius 1 is 1.37 bits per heavy atom. The molecule has 4 heteroatoms. The minimum absolute atomic E-state index is 0.0112. The average molecular weight is 266 g/mol. The highest BCUT2D eigenvalue weighted by Crippen LogP contribution is 2.24. The van der Waals surface area contributed by atoms with Gasteiger partial charge in [-0.05, 0) is 50.8 Å². The summed E-state index contributed by atoms with van der Waals surface area (Å²) >= 11 is 0. The van der Waals surface area contributed by atoms with Gasteiger partial charge in [-0.2, -0.15) is 0 Å². The second kappa shape index (κ2) is 6.57. The average Bonchev–Trinajstić information content (AvgIpc) is 2.36. The maximum Gasteiger partial charge on any atom is 0.309 e. The summed E-state index contributed by atoms with van der Waals surface area (Å²) in [6.45, 7) is 5.84. The van der Waals surface area contributed by atoms with Crippen LogP contribution in [0.5, 0.6) is 5.75 Å². The van der Waals surface area contributed by atoms with Crippen molar-refractivity contribution in [3.63, 3.8) is 0 Å². The highest BCUT2D eigenvalue weighted by molar-refractivity contribution is 5.73.